The second-order valence-electron chi connectivity index (χ2n) is 6.55. The number of rotatable bonds is 6. The molecule has 1 aliphatic carbocycles. The number of alkyl carbamates (subject to hydrolysis) is 1. The Balaban J connectivity index is 1.84. The van der Waals surface area contributed by atoms with Gasteiger partial charge < -0.3 is 19.4 Å². The Morgan fingerprint density at radius 2 is 2.04 bits per heavy atom. The average Bonchev–Trinajstić information content (AvgIpc) is 2.94. The molecule has 140 valence electrons. The third-order valence-corrected chi connectivity index (χ3v) is 4.73. The lowest BCUT2D eigenvalue weighted by Gasteiger charge is -2.24. The molecule has 1 aliphatic rings. The number of carbonyl (C=O) groups is 2. The minimum Gasteiger partial charge on any atom is -0.465 e. The molecule has 3 rings (SSSR count). The van der Waals surface area contributed by atoms with Crippen molar-refractivity contribution in [1.29, 1.82) is 0 Å². The number of amides is 1. The zero-order valence-corrected chi connectivity index (χ0v) is 15.4. The fourth-order valence-electron chi connectivity index (χ4n) is 3.64. The summed E-state index contributed by atoms with van der Waals surface area (Å²) >= 11 is 0. The number of nitrogens with one attached hydrogen (secondary N) is 1. The number of benzene rings is 1. The van der Waals surface area contributed by atoms with Gasteiger partial charge in [-0.1, -0.05) is 25.1 Å². The van der Waals surface area contributed by atoms with Gasteiger partial charge in [0.2, 0.25) is 0 Å². The molecule has 1 N–H and O–H groups in total. The summed E-state index contributed by atoms with van der Waals surface area (Å²) in [5.41, 5.74) is 3.41. The second-order valence-corrected chi connectivity index (χ2v) is 6.55. The van der Waals surface area contributed by atoms with Crippen molar-refractivity contribution in [3.8, 4) is 0 Å². The Hall–Kier alpha value is -2.50. The van der Waals surface area contributed by atoms with Crippen LogP contribution in [0.3, 0.4) is 0 Å². The molecule has 2 aromatic rings. The molecule has 26 heavy (non-hydrogen) atoms. The Kier molecular flexibility index (Phi) is 5.81. The zero-order valence-electron chi connectivity index (χ0n) is 15.4. The summed E-state index contributed by atoms with van der Waals surface area (Å²) in [5, 5.41) is 4.11. The lowest BCUT2D eigenvalue weighted by Crippen LogP contribution is -2.39. The summed E-state index contributed by atoms with van der Waals surface area (Å²) in [6.07, 6.45) is 2.84. The van der Waals surface area contributed by atoms with Crippen LogP contribution in [0.15, 0.2) is 24.3 Å². The summed E-state index contributed by atoms with van der Waals surface area (Å²) < 4.78 is 12.3. The van der Waals surface area contributed by atoms with Crippen LogP contribution in [-0.4, -0.2) is 35.9 Å². The lowest BCUT2D eigenvalue weighted by atomic mass is 9.91. The fourth-order valence-corrected chi connectivity index (χ4v) is 3.64. The van der Waals surface area contributed by atoms with Gasteiger partial charge >= 0.3 is 12.1 Å². The number of aromatic nitrogens is 1. The van der Waals surface area contributed by atoms with Crippen molar-refractivity contribution in [2.45, 2.75) is 52.1 Å². The number of fused-ring (bicyclic) bond motifs is 3. The molecule has 0 saturated carbocycles. The predicted molar refractivity (Wildman–Crippen MR) is 99.2 cm³/mol. The van der Waals surface area contributed by atoms with E-state index in [4.69, 9.17) is 9.47 Å². The number of carbonyl (C=O) groups excluding carboxylic acids is 2. The summed E-state index contributed by atoms with van der Waals surface area (Å²) in [5.74, 6) is -0.223. The maximum atomic E-state index is 12.0. The van der Waals surface area contributed by atoms with E-state index < -0.39 is 0 Å². The fraction of sp³-hybridized carbons (Fsp3) is 0.500. The standard InChI is InChI=1S/C20H26N2O4/c1-3-11-26-20(24)21-14-9-10-18-16(12-14)15-7-5-6-8-17(15)22(18)13-19(23)25-4-2/h5-8,14H,3-4,9-13H2,1-2H3,(H,21,24)/t14-/m0/s1. The largest absolute Gasteiger partial charge is 0.465 e. The predicted octanol–water partition coefficient (Wildman–Crippen LogP) is 3.20. The lowest BCUT2D eigenvalue weighted by molar-refractivity contribution is -0.143. The van der Waals surface area contributed by atoms with Crippen molar-refractivity contribution in [2.75, 3.05) is 13.2 Å². The Bertz CT molecular complexity index is 796. The first-order valence-electron chi connectivity index (χ1n) is 9.31. The summed E-state index contributed by atoms with van der Waals surface area (Å²) in [4.78, 5) is 23.9. The van der Waals surface area contributed by atoms with Crippen LogP contribution in [0.2, 0.25) is 0 Å². The molecule has 1 heterocycles. The minimum atomic E-state index is -0.351. The van der Waals surface area contributed by atoms with Gasteiger partial charge in [0, 0.05) is 22.6 Å². The van der Waals surface area contributed by atoms with Gasteiger partial charge in [-0.3, -0.25) is 4.79 Å². The molecule has 6 heteroatoms. The van der Waals surface area contributed by atoms with Crippen LogP contribution in [0.1, 0.15) is 37.9 Å². The molecule has 0 spiro atoms. The van der Waals surface area contributed by atoms with Gasteiger partial charge in [0.25, 0.3) is 0 Å². The van der Waals surface area contributed by atoms with Gasteiger partial charge in [0.1, 0.15) is 6.54 Å². The van der Waals surface area contributed by atoms with E-state index >= 15 is 0 Å². The topological polar surface area (TPSA) is 69.6 Å². The van der Waals surface area contributed by atoms with Crippen molar-refractivity contribution < 1.29 is 19.1 Å². The number of hydrogen-bond acceptors (Lipinski definition) is 4. The normalized spacial score (nSPS) is 16.2. The summed E-state index contributed by atoms with van der Waals surface area (Å²) in [7, 11) is 0. The maximum absolute atomic E-state index is 12.0. The van der Waals surface area contributed by atoms with Crippen molar-refractivity contribution in [3.05, 3.63) is 35.5 Å². The highest BCUT2D eigenvalue weighted by Gasteiger charge is 2.27. The van der Waals surface area contributed by atoms with E-state index in [1.807, 2.05) is 32.0 Å². The highest BCUT2D eigenvalue weighted by molar-refractivity contribution is 5.87. The van der Waals surface area contributed by atoms with E-state index in [0.717, 1.165) is 36.6 Å². The first kappa shape index (κ1) is 18.3. The van der Waals surface area contributed by atoms with E-state index in [0.29, 0.717) is 13.2 Å². The Morgan fingerprint density at radius 3 is 2.81 bits per heavy atom. The Labute approximate surface area is 153 Å². The van der Waals surface area contributed by atoms with Gasteiger partial charge in [-0.25, -0.2) is 4.79 Å². The molecule has 0 fully saturated rings. The number of hydrogen-bond donors (Lipinski definition) is 1. The SMILES string of the molecule is CCCOC(=O)N[C@H]1CCc2c(c3ccccc3n2CC(=O)OCC)C1. The van der Waals surface area contributed by atoms with E-state index in [1.165, 1.54) is 11.3 Å². The molecule has 0 bridgehead atoms. The molecule has 0 aliphatic heterocycles. The van der Waals surface area contributed by atoms with Crippen molar-refractivity contribution in [1.82, 2.24) is 9.88 Å². The number of nitrogens with zero attached hydrogens (tertiary/aromatic N) is 1. The third kappa shape index (κ3) is 3.84. The van der Waals surface area contributed by atoms with Gasteiger partial charge in [0.05, 0.1) is 13.2 Å². The Morgan fingerprint density at radius 1 is 1.23 bits per heavy atom. The maximum Gasteiger partial charge on any atom is 0.407 e. The van der Waals surface area contributed by atoms with Gasteiger partial charge in [-0.15, -0.1) is 0 Å². The van der Waals surface area contributed by atoms with E-state index in [9.17, 15) is 9.59 Å². The summed E-state index contributed by atoms with van der Waals surface area (Å²) in [6.45, 7) is 4.82. The highest BCUT2D eigenvalue weighted by atomic mass is 16.5. The van der Waals surface area contributed by atoms with Crippen molar-refractivity contribution in [2.24, 2.45) is 0 Å². The molecule has 1 atom stereocenters. The zero-order chi connectivity index (χ0) is 18.5. The summed E-state index contributed by atoms with van der Waals surface area (Å²) in [6, 6.07) is 8.14. The quantitative estimate of drug-likeness (QED) is 0.805. The monoisotopic (exact) mass is 358 g/mol. The first-order valence-corrected chi connectivity index (χ1v) is 9.31. The van der Waals surface area contributed by atoms with Crippen LogP contribution in [0, 0.1) is 0 Å². The first-order chi connectivity index (χ1) is 12.6. The van der Waals surface area contributed by atoms with Gasteiger partial charge in [0.15, 0.2) is 0 Å². The van der Waals surface area contributed by atoms with Gasteiger partial charge in [-0.2, -0.15) is 0 Å². The van der Waals surface area contributed by atoms with Crippen molar-refractivity contribution >= 4 is 23.0 Å². The van der Waals surface area contributed by atoms with E-state index in [-0.39, 0.29) is 24.6 Å². The molecule has 0 saturated heterocycles. The molecule has 0 radical (unpaired) electrons. The van der Waals surface area contributed by atoms with Crippen LogP contribution in [0.5, 0.6) is 0 Å². The van der Waals surface area contributed by atoms with Gasteiger partial charge in [-0.05, 0) is 44.2 Å². The average molecular weight is 358 g/mol. The molecule has 6 nitrogen and oxygen atoms in total. The molecule has 1 amide bonds. The molecule has 1 aromatic heterocycles. The van der Waals surface area contributed by atoms with Crippen LogP contribution in [0.4, 0.5) is 4.79 Å². The molecule has 0 unspecified atom stereocenters. The van der Waals surface area contributed by atoms with Crippen LogP contribution < -0.4 is 5.32 Å². The van der Waals surface area contributed by atoms with Crippen LogP contribution >= 0.6 is 0 Å². The number of ether oxygens (including phenoxy) is 2. The van der Waals surface area contributed by atoms with E-state index in [1.54, 1.807) is 0 Å². The smallest absolute Gasteiger partial charge is 0.407 e. The van der Waals surface area contributed by atoms with Crippen LogP contribution in [0.25, 0.3) is 10.9 Å². The molecular formula is C20H26N2O4. The van der Waals surface area contributed by atoms with Crippen LogP contribution in [-0.2, 0) is 33.7 Å². The second kappa shape index (κ2) is 8.25. The van der Waals surface area contributed by atoms with Crippen molar-refractivity contribution in [3.63, 3.8) is 0 Å². The highest BCUT2D eigenvalue weighted by Crippen LogP contribution is 2.32. The molecular weight excluding hydrogens is 332 g/mol. The van der Waals surface area contributed by atoms with E-state index in [2.05, 4.69) is 16.0 Å². The number of para-hydroxylation sites is 1. The number of esters is 1. The minimum absolute atomic E-state index is 0.0497. The third-order valence-electron chi connectivity index (χ3n) is 4.73. The molecule has 1 aromatic carbocycles.